The molecule has 1 N–H and O–H groups in total. The van der Waals surface area contributed by atoms with Crippen LogP contribution in [0.4, 0.5) is 13.2 Å². The van der Waals surface area contributed by atoms with E-state index in [9.17, 15) is 22.8 Å². The van der Waals surface area contributed by atoms with E-state index in [2.05, 4.69) is 10.4 Å². The summed E-state index contributed by atoms with van der Waals surface area (Å²) in [6.07, 6.45) is 1.58. The molecule has 0 saturated carbocycles. The van der Waals surface area contributed by atoms with Gasteiger partial charge in [0.05, 0.1) is 35.4 Å². The maximum Gasteiger partial charge on any atom is 0.416 e. The number of hydrogen-bond acceptors (Lipinski definition) is 3. The molecule has 0 bridgehead atoms. The molecule has 2 aliphatic heterocycles. The van der Waals surface area contributed by atoms with Crippen LogP contribution in [0.25, 0.3) is 0 Å². The van der Waals surface area contributed by atoms with Crippen LogP contribution in [0.5, 0.6) is 0 Å². The SMILES string of the molecule is Cn1cc(C(=O)N2[C@H](c3cccc(C(F)(F)F)c3)C[C@H]3NC(=O)CCCC[C@@H]32)cn1. The number of alkyl halides is 3. The zero-order chi connectivity index (χ0) is 21.5. The van der Waals surface area contributed by atoms with Crippen LogP contribution >= 0.6 is 0 Å². The number of aryl methyl sites for hydroxylation is 1. The van der Waals surface area contributed by atoms with Gasteiger partial charge in [-0.15, -0.1) is 0 Å². The molecular weight excluding hydrogens is 397 g/mol. The van der Waals surface area contributed by atoms with E-state index in [0.717, 1.165) is 25.0 Å². The Bertz CT molecular complexity index is 956. The third-order valence-corrected chi connectivity index (χ3v) is 5.92. The van der Waals surface area contributed by atoms with Crippen molar-refractivity contribution in [1.29, 1.82) is 0 Å². The van der Waals surface area contributed by atoms with Crippen LogP contribution in [0, 0.1) is 0 Å². The van der Waals surface area contributed by atoms with Crippen molar-refractivity contribution in [2.45, 2.75) is 56.4 Å². The summed E-state index contributed by atoms with van der Waals surface area (Å²) in [5.41, 5.74) is 0.0497. The molecule has 3 heterocycles. The summed E-state index contributed by atoms with van der Waals surface area (Å²) in [5.74, 6) is -0.365. The van der Waals surface area contributed by atoms with Crippen molar-refractivity contribution in [3.63, 3.8) is 0 Å². The van der Waals surface area contributed by atoms with Gasteiger partial charge in [-0.25, -0.2) is 0 Å². The van der Waals surface area contributed by atoms with Crippen LogP contribution in [0.1, 0.15) is 59.6 Å². The van der Waals surface area contributed by atoms with E-state index >= 15 is 0 Å². The Balaban J connectivity index is 1.75. The minimum absolute atomic E-state index is 0.0804. The van der Waals surface area contributed by atoms with Crippen molar-refractivity contribution >= 4 is 11.8 Å². The van der Waals surface area contributed by atoms with E-state index in [1.54, 1.807) is 24.2 Å². The Morgan fingerprint density at radius 3 is 2.77 bits per heavy atom. The van der Waals surface area contributed by atoms with E-state index in [1.165, 1.54) is 16.9 Å². The molecule has 160 valence electrons. The minimum Gasteiger partial charge on any atom is -0.351 e. The fraction of sp³-hybridized carbons (Fsp3) is 0.476. The largest absolute Gasteiger partial charge is 0.416 e. The number of aromatic nitrogens is 2. The number of nitrogens with one attached hydrogen (secondary N) is 1. The fourth-order valence-corrected chi connectivity index (χ4v) is 4.54. The number of hydrogen-bond donors (Lipinski definition) is 1. The lowest BCUT2D eigenvalue weighted by molar-refractivity contribution is -0.137. The predicted octanol–water partition coefficient (Wildman–Crippen LogP) is 3.45. The first-order valence-electron chi connectivity index (χ1n) is 10.0. The molecule has 2 fully saturated rings. The molecule has 0 radical (unpaired) electrons. The smallest absolute Gasteiger partial charge is 0.351 e. The Hall–Kier alpha value is -2.84. The zero-order valence-corrected chi connectivity index (χ0v) is 16.5. The average molecular weight is 420 g/mol. The standard InChI is InChI=1S/C21H23F3N4O2/c1-27-12-14(11-25-27)20(30)28-17-7-2-3-8-19(29)26-16(17)10-18(28)13-5-4-6-15(9-13)21(22,23)24/h4-6,9,11-12,16-18H,2-3,7-8,10H2,1H3,(H,26,29)/t16-,17+,18+/m1/s1. The molecule has 3 atom stereocenters. The molecule has 0 unspecified atom stereocenters. The van der Waals surface area contributed by atoms with Gasteiger partial charge in [0.25, 0.3) is 5.91 Å². The van der Waals surface area contributed by atoms with Crippen molar-refractivity contribution in [3.8, 4) is 0 Å². The normalized spacial score (nSPS) is 24.7. The second kappa shape index (κ2) is 7.77. The first-order chi connectivity index (χ1) is 14.2. The van der Waals surface area contributed by atoms with Crippen molar-refractivity contribution in [2.75, 3.05) is 0 Å². The number of amides is 2. The lowest BCUT2D eigenvalue weighted by Crippen LogP contribution is -2.47. The predicted molar refractivity (Wildman–Crippen MR) is 102 cm³/mol. The lowest BCUT2D eigenvalue weighted by atomic mass is 9.97. The summed E-state index contributed by atoms with van der Waals surface area (Å²) in [7, 11) is 1.70. The summed E-state index contributed by atoms with van der Waals surface area (Å²) in [4.78, 5) is 27.2. The highest BCUT2D eigenvalue weighted by Crippen LogP contribution is 2.41. The molecule has 9 heteroatoms. The highest BCUT2D eigenvalue weighted by atomic mass is 19.4. The van der Waals surface area contributed by atoms with Gasteiger partial charge in [0.1, 0.15) is 0 Å². The van der Waals surface area contributed by atoms with Gasteiger partial charge in [0.2, 0.25) is 5.91 Å². The number of rotatable bonds is 2. The van der Waals surface area contributed by atoms with Gasteiger partial charge in [-0.3, -0.25) is 14.3 Å². The number of nitrogens with zero attached hydrogens (tertiary/aromatic N) is 3. The molecule has 30 heavy (non-hydrogen) atoms. The molecule has 1 aromatic carbocycles. The summed E-state index contributed by atoms with van der Waals surface area (Å²) in [6.45, 7) is 0. The highest BCUT2D eigenvalue weighted by Gasteiger charge is 2.46. The number of halogens is 3. The van der Waals surface area contributed by atoms with E-state index in [4.69, 9.17) is 0 Å². The molecule has 2 amide bonds. The third kappa shape index (κ3) is 3.93. The second-order valence-corrected chi connectivity index (χ2v) is 7.98. The van der Waals surface area contributed by atoms with Crippen molar-refractivity contribution < 1.29 is 22.8 Å². The molecule has 0 spiro atoms. The van der Waals surface area contributed by atoms with Crippen LogP contribution in [0.2, 0.25) is 0 Å². The maximum absolute atomic E-state index is 13.4. The van der Waals surface area contributed by atoms with Crippen molar-refractivity contribution in [2.24, 2.45) is 7.05 Å². The van der Waals surface area contributed by atoms with Gasteiger partial charge in [0, 0.05) is 19.7 Å². The van der Waals surface area contributed by atoms with Crippen molar-refractivity contribution in [3.05, 3.63) is 53.3 Å². The van der Waals surface area contributed by atoms with E-state index in [-0.39, 0.29) is 23.9 Å². The Morgan fingerprint density at radius 2 is 2.07 bits per heavy atom. The molecule has 2 aromatic rings. The first-order valence-corrected chi connectivity index (χ1v) is 10.0. The van der Waals surface area contributed by atoms with Gasteiger partial charge in [-0.1, -0.05) is 18.6 Å². The molecule has 1 aromatic heterocycles. The topological polar surface area (TPSA) is 67.2 Å². The number of carbonyl (C=O) groups excluding carboxylic acids is 2. The molecule has 6 nitrogen and oxygen atoms in total. The number of likely N-dealkylation sites (tertiary alicyclic amines) is 1. The second-order valence-electron chi connectivity index (χ2n) is 7.98. The number of carbonyl (C=O) groups is 2. The number of fused-ring (bicyclic) bond motifs is 1. The lowest BCUT2D eigenvalue weighted by Gasteiger charge is -2.33. The van der Waals surface area contributed by atoms with E-state index in [0.29, 0.717) is 30.4 Å². The van der Waals surface area contributed by atoms with Gasteiger partial charge in [-0.05, 0) is 37.0 Å². The molecule has 2 saturated heterocycles. The monoisotopic (exact) mass is 420 g/mol. The van der Waals surface area contributed by atoms with Crippen LogP contribution < -0.4 is 5.32 Å². The third-order valence-electron chi connectivity index (χ3n) is 5.92. The molecule has 0 aliphatic carbocycles. The first kappa shape index (κ1) is 20.4. The van der Waals surface area contributed by atoms with Crippen LogP contribution in [-0.2, 0) is 18.0 Å². The summed E-state index contributed by atoms with van der Waals surface area (Å²) in [6, 6.07) is 3.98. The minimum atomic E-state index is -4.47. The zero-order valence-electron chi connectivity index (χ0n) is 16.5. The molecule has 4 rings (SSSR count). The summed E-state index contributed by atoms with van der Waals surface area (Å²) in [5, 5.41) is 7.04. The van der Waals surface area contributed by atoms with Gasteiger partial charge in [-0.2, -0.15) is 18.3 Å². The van der Waals surface area contributed by atoms with Gasteiger partial charge >= 0.3 is 6.18 Å². The highest BCUT2D eigenvalue weighted by molar-refractivity contribution is 5.94. The molecular formula is C21H23F3N4O2. The van der Waals surface area contributed by atoms with Crippen LogP contribution in [-0.4, -0.2) is 38.6 Å². The van der Waals surface area contributed by atoms with Crippen LogP contribution in [0.15, 0.2) is 36.7 Å². The van der Waals surface area contributed by atoms with Crippen LogP contribution in [0.3, 0.4) is 0 Å². The van der Waals surface area contributed by atoms with Gasteiger partial charge < -0.3 is 10.2 Å². The Labute approximate surface area is 172 Å². The maximum atomic E-state index is 13.4. The molecule has 2 aliphatic rings. The average Bonchev–Trinajstić information content (AvgIpc) is 3.26. The summed E-state index contributed by atoms with van der Waals surface area (Å²) >= 11 is 0. The Morgan fingerprint density at radius 1 is 1.27 bits per heavy atom. The summed E-state index contributed by atoms with van der Waals surface area (Å²) < 4.78 is 41.4. The van der Waals surface area contributed by atoms with E-state index in [1.807, 2.05) is 0 Å². The van der Waals surface area contributed by atoms with E-state index < -0.39 is 17.8 Å². The number of benzene rings is 1. The Kier molecular flexibility index (Phi) is 5.29. The quantitative estimate of drug-likeness (QED) is 0.809. The van der Waals surface area contributed by atoms with Gasteiger partial charge in [0.15, 0.2) is 0 Å². The van der Waals surface area contributed by atoms with Crippen molar-refractivity contribution in [1.82, 2.24) is 20.0 Å². The fourth-order valence-electron chi connectivity index (χ4n) is 4.54.